The average molecular weight is 273 g/mol. The molecule has 0 fully saturated rings. The second kappa shape index (κ2) is 15.4. The standard InChI is InChI=1S/C17H36S/c1-3-5-7-9-10-12-14-17(15-16-18)13-11-8-6-4-2/h17-18H,3-16H2,1-2H3. The quantitative estimate of drug-likeness (QED) is 0.266. The molecule has 0 aromatic rings. The molecule has 1 atom stereocenters. The van der Waals surface area contributed by atoms with Crippen molar-refractivity contribution in [1.82, 2.24) is 0 Å². The van der Waals surface area contributed by atoms with Gasteiger partial charge in [0.1, 0.15) is 0 Å². The Labute approximate surface area is 122 Å². The summed E-state index contributed by atoms with van der Waals surface area (Å²) in [6, 6.07) is 0. The molecule has 0 aliphatic carbocycles. The van der Waals surface area contributed by atoms with Gasteiger partial charge in [-0.15, -0.1) is 0 Å². The average Bonchev–Trinajstić information content (AvgIpc) is 2.38. The number of hydrogen-bond acceptors (Lipinski definition) is 1. The van der Waals surface area contributed by atoms with Gasteiger partial charge in [-0.25, -0.2) is 0 Å². The minimum Gasteiger partial charge on any atom is -0.179 e. The highest BCUT2D eigenvalue weighted by molar-refractivity contribution is 7.80. The first-order valence-electron chi connectivity index (χ1n) is 8.46. The summed E-state index contributed by atoms with van der Waals surface area (Å²) in [5.74, 6) is 2.04. The van der Waals surface area contributed by atoms with Crippen molar-refractivity contribution >= 4 is 12.6 Å². The minimum absolute atomic E-state index is 0.963. The normalized spacial score (nSPS) is 12.8. The lowest BCUT2D eigenvalue weighted by atomic mass is 9.92. The molecule has 0 radical (unpaired) electrons. The molecule has 0 aliphatic heterocycles. The summed E-state index contributed by atoms with van der Waals surface area (Å²) < 4.78 is 0. The Bertz CT molecular complexity index is 145. The van der Waals surface area contributed by atoms with E-state index >= 15 is 0 Å². The fraction of sp³-hybridized carbons (Fsp3) is 1.00. The zero-order chi connectivity index (χ0) is 13.5. The largest absolute Gasteiger partial charge is 0.179 e. The fourth-order valence-electron chi connectivity index (χ4n) is 2.69. The van der Waals surface area contributed by atoms with E-state index in [1.54, 1.807) is 0 Å². The van der Waals surface area contributed by atoms with E-state index in [0.717, 1.165) is 11.7 Å². The lowest BCUT2D eigenvalue weighted by Crippen LogP contribution is -2.02. The second-order valence-corrected chi connectivity index (χ2v) is 6.23. The minimum atomic E-state index is 0.963. The maximum Gasteiger partial charge on any atom is -0.00953 e. The summed E-state index contributed by atoms with van der Waals surface area (Å²) in [5.41, 5.74) is 0. The van der Waals surface area contributed by atoms with Gasteiger partial charge in [-0.3, -0.25) is 0 Å². The number of unbranched alkanes of at least 4 members (excludes halogenated alkanes) is 8. The van der Waals surface area contributed by atoms with Crippen LogP contribution < -0.4 is 0 Å². The summed E-state index contributed by atoms with van der Waals surface area (Å²) in [5, 5.41) is 0. The van der Waals surface area contributed by atoms with E-state index in [4.69, 9.17) is 0 Å². The first-order chi connectivity index (χ1) is 8.85. The summed E-state index contributed by atoms with van der Waals surface area (Å²) in [4.78, 5) is 0. The van der Waals surface area contributed by atoms with Crippen LogP contribution in [0.1, 0.15) is 97.3 Å². The van der Waals surface area contributed by atoms with Crippen LogP contribution in [-0.2, 0) is 0 Å². The molecular formula is C17H36S. The summed E-state index contributed by atoms with van der Waals surface area (Å²) in [7, 11) is 0. The highest BCUT2D eigenvalue weighted by atomic mass is 32.1. The van der Waals surface area contributed by atoms with Crippen LogP contribution >= 0.6 is 12.6 Å². The Morgan fingerprint density at radius 3 is 1.56 bits per heavy atom. The third-order valence-corrected chi connectivity index (χ3v) is 4.23. The molecule has 0 spiro atoms. The number of hydrogen-bond donors (Lipinski definition) is 1. The SMILES string of the molecule is CCCCCCCCC(CCS)CCCCCC. The smallest absolute Gasteiger partial charge is 0.00953 e. The molecule has 0 bridgehead atoms. The van der Waals surface area contributed by atoms with Crippen molar-refractivity contribution in [1.29, 1.82) is 0 Å². The van der Waals surface area contributed by atoms with E-state index in [0.29, 0.717) is 0 Å². The Balaban J connectivity index is 3.44. The topological polar surface area (TPSA) is 0 Å². The van der Waals surface area contributed by atoms with Crippen molar-refractivity contribution in [2.45, 2.75) is 97.3 Å². The summed E-state index contributed by atoms with van der Waals surface area (Å²) >= 11 is 4.41. The van der Waals surface area contributed by atoms with Crippen molar-refractivity contribution in [2.75, 3.05) is 5.75 Å². The van der Waals surface area contributed by atoms with Crippen LogP contribution in [0, 0.1) is 5.92 Å². The van der Waals surface area contributed by atoms with Gasteiger partial charge in [0, 0.05) is 0 Å². The molecule has 0 nitrogen and oxygen atoms in total. The molecule has 18 heavy (non-hydrogen) atoms. The van der Waals surface area contributed by atoms with Gasteiger partial charge in [-0.05, 0) is 18.1 Å². The van der Waals surface area contributed by atoms with Crippen molar-refractivity contribution < 1.29 is 0 Å². The molecule has 0 heterocycles. The summed E-state index contributed by atoms with van der Waals surface area (Å²) in [6.45, 7) is 4.58. The third kappa shape index (κ3) is 12.8. The predicted octanol–water partition coefficient (Wildman–Crippen LogP) is 6.64. The van der Waals surface area contributed by atoms with Gasteiger partial charge in [0.05, 0.1) is 0 Å². The zero-order valence-electron chi connectivity index (χ0n) is 12.9. The molecule has 0 saturated heterocycles. The van der Waals surface area contributed by atoms with Crippen molar-refractivity contribution in [3.8, 4) is 0 Å². The van der Waals surface area contributed by atoms with Gasteiger partial charge in [0.25, 0.3) is 0 Å². The molecule has 1 heteroatoms. The second-order valence-electron chi connectivity index (χ2n) is 5.78. The van der Waals surface area contributed by atoms with Crippen molar-refractivity contribution in [3.05, 3.63) is 0 Å². The molecule has 0 aromatic heterocycles. The Hall–Kier alpha value is 0.350. The first kappa shape index (κ1) is 18.4. The van der Waals surface area contributed by atoms with E-state index in [9.17, 15) is 0 Å². The van der Waals surface area contributed by atoms with E-state index in [2.05, 4.69) is 26.5 Å². The first-order valence-corrected chi connectivity index (χ1v) is 9.09. The van der Waals surface area contributed by atoms with Gasteiger partial charge in [-0.1, -0.05) is 90.9 Å². The van der Waals surface area contributed by atoms with Crippen LogP contribution in [-0.4, -0.2) is 5.75 Å². The molecule has 0 N–H and O–H groups in total. The van der Waals surface area contributed by atoms with Crippen LogP contribution in [0.2, 0.25) is 0 Å². The van der Waals surface area contributed by atoms with Gasteiger partial charge >= 0.3 is 0 Å². The number of thiol groups is 1. The van der Waals surface area contributed by atoms with Crippen LogP contribution in [0.15, 0.2) is 0 Å². The highest BCUT2D eigenvalue weighted by Gasteiger charge is 2.07. The van der Waals surface area contributed by atoms with Crippen LogP contribution in [0.4, 0.5) is 0 Å². The van der Waals surface area contributed by atoms with Crippen LogP contribution in [0.5, 0.6) is 0 Å². The maximum atomic E-state index is 4.41. The summed E-state index contributed by atoms with van der Waals surface area (Å²) in [6.07, 6.45) is 18.5. The third-order valence-electron chi connectivity index (χ3n) is 3.97. The maximum absolute atomic E-state index is 4.41. The highest BCUT2D eigenvalue weighted by Crippen LogP contribution is 2.22. The zero-order valence-corrected chi connectivity index (χ0v) is 13.8. The van der Waals surface area contributed by atoms with Crippen LogP contribution in [0.25, 0.3) is 0 Å². The Kier molecular flexibility index (Phi) is 15.7. The van der Waals surface area contributed by atoms with Crippen molar-refractivity contribution in [3.63, 3.8) is 0 Å². The Morgan fingerprint density at radius 2 is 1.06 bits per heavy atom. The van der Waals surface area contributed by atoms with Crippen molar-refractivity contribution in [2.24, 2.45) is 5.92 Å². The lowest BCUT2D eigenvalue weighted by molar-refractivity contribution is 0.397. The molecule has 0 amide bonds. The van der Waals surface area contributed by atoms with E-state index < -0.39 is 0 Å². The molecule has 0 rings (SSSR count). The predicted molar refractivity (Wildman–Crippen MR) is 88.7 cm³/mol. The van der Waals surface area contributed by atoms with Crippen LogP contribution in [0.3, 0.4) is 0 Å². The molecule has 0 saturated carbocycles. The van der Waals surface area contributed by atoms with E-state index in [1.165, 1.54) is 83.5 Å². The van der Waals surface area contributed by atoms with Gasteiger partial charge < -0.3 is 0 Å². The van der Waals surface area contributed by atoms with Gasteiger partial charge in [-0.2, -0.15) is 12.6 Å². The fourth-order valence-corrected chi connectivity index (χ4v) is 3.05. The van der Waals surface area contributed by atoms with E-state index in [-0.39, 0.29) is 0 Å². The lowest BCUT2D eigenvalue weighted by Gasteiger charge is -2.15. The van der Waals surface area contributed by atoms with Gasteiger partial charge in [0.15, 0.2) is 0 Å². The molecule has 0 aromatic carbocycles. The molecular weight excluding hydrogens is 236 g/mol. The molecule has 1 unspecified atom stereocenters. The van der Waals surface area contributed by atoms with Gasteiger partial charge in [0.2, 0.25) is 0 Å². The van der Waals surface area contributed by atoms with E-state index in [1.807, 2.05) is 0 Å². The Morgan fingerprint density at radius 1 is 0.611 bits per heavy atom. The monoisotopic (exact) mass is 272 g/mol. The number of rotatable bonds is 14. The molecule has 110 valence electrons. The molecule has 0 aliphatic rings.